The number of hydrogen-bond acceptors (Lipinski definition) is 12. The van der Waals surface area contributed by atoms with Gasteiger partial charge in [0, 0.05) is 23.3 Å². The van der Waals surface area contributed by atoms with E-state index in [0.717, 1.165) is 68.4 Å². The van der Waals surface area contributed by atoms with Crippen molar-refractivity contribution in [2.24, 2.45) is 0 Å². The summed E-state index contributed by atoms with van der Waals surface area (Å²) in [6.07, 6.45) is 2.17. The second-order valence-corrected chi connectivity index (χ2v) is 15.7. The monoisotopic (exact) mass is 868 g/mol. The predicted molar refractivity (Wildman–Crippen MR) is 241 cm³/mol. The Labute approximate surface area is 366 Å². The lowest BCUT2D eigenvalue weighted by atomic mass is 10.0. The van der Waals surface area contributed by atoms with Crippen LogP contribution < -0.4 is 39.1 Å². The van der Waals surface area contributed by atoms with E-state index >= 15 is 0 Å². The number of ether oxygens (including phenoxy) is 6. The summed E-state index contributed by atoms with van der Waals surface area (Å²) < 4.78 is 33.6. The maximum atomic E-state index is 11.7. The minimum Gasteiger partial charge on any atom is -0.497 e. The van der Waals surface area contributed by atoms with Gasteiger partial charge in [0.1, 0.15) is 46.0 Å². The third kappa shape index (κ3) is 10.8. The summed E-state index contributed by atoms with van der Waals surface area (Å²) in [5.41, 5.74) is 5.54. The maximum Gasteiger partial charge on any atom is 0.290 e. The molecule has 1 unspecified atom stereocenters. The molecule has 2 heterocycles. The number of methoxy groups -OCH3 is 4. The molecule has 14 heteroatoms. The van der Waals surface area contributed by atoms with Crippen molar-refractivity contribution >= 4 is 51.9 Å². The molecular weight excluding hydrogens is 829 g/mol. The van der Waals surface area contributed by atoms with Crippen molar-refractivity contribution in [2.75, 3.05) is 28.4 Å². The summed E-state index contributed by atoms with van der Waals surface area (Å²) in [5.74, 6) is 4.98. The molecule has 62 heavy (non-hydrogen) atoms. The molecular formula is C48H40N2O10S2. The van der Waals surface area contributed by atoms with Crippen LogP contribution in [-0.2, 0) is 16.0 Å². The highest BCUT2D eigenvalue weighted by Crippen LogP contribution is 2.37. The zero-order valence-corrected chi connectivity index (χ0v) is 35.6. The highest BCUT2D eigenvalue weighted by atomic mass is 32.2. The van der Waals surface area contributed by atoms with Gasteiger partial charge in [0.05, 0.1) is 38.6 Å². The lowest BCUT2D eigenvalue weighted by Crippen LogP contribution is -2.25. The summed E-state index contributed by atoms with van der Waals surface area (Å²) in [7, 11) is 6.49. The van der Waals surface area contributed by atoms with E-state index in [2.05, 4.69) is 10.6 Å². The Balaban J connectivity index is 0.000000186. The number of carbonyl (C=O) groups is 4. The van der Waals surface area contributed by atoms with Crippen LogP contribution >= 0.6 is 23.5 Å². The fraction of sp³-hybridized carbons (Fsp3) is 0.125. The Morgan fingerprint density at radius 2 is 1.05 bits per heavy atom. The summed E-state index contributed by atoms with van der Waals surface area (Å²) in [6, 6.07) is 41.6. The van der Waals surface area contributed by atoms with Crippen molar-refractivity contribution in [3.63, 3.8) is 0 Å². The van der Waals surface area contributed by atoms with Crippen LogP contribution in [0.1, 0.15) is 11.1 Å². The van der Waals surface area contributed by atoms with E-state index in [1.54, 1.807) is 34.5 Å². The first-order chi connectivity index (χ1) is 30.1. The highest BCUT2D eigenvalue weighted by molar-refractivity contribution is 8.18. The van der Waals surface area contributed by atoms with Crippen LogP contribution in [0.5, 0.6) is 46.0 Å². The van der Waals surface area contributed by atoms with Gasteiger partial charge >= 0.3 is 0 Å². The zero-order valence-electron chi connectivity index (χ0n) is 34.0. The Kier molecular flexibility index (Phi) is 13.8. The number of thioether (sulfide) groups is 2. The smallest absolute Gasteiger partial charge is 0.290 e. The van der Waals surface area contributed by atoms with Crippen LogP contribution in [0, 0.1) is 0 Å². The fourth-order valence-electron chi connectivity index (χ4n) is 6.44. The predicted octanol–water partition coefficient (Wildman–Crippen LogP) is 10.5. The van der Waals surface area contributed by atoms with Gasteiger partial charge < -0.3 is 28.4 Å². The second kappa shape index (κ2) is 19.9. The van der Waals surface area contributed by atoms with Crippen LogP contribution in [0.15, 0.2) is 138 Å². The molecule has 0 aromatic heterocycles. The molecule has 0 saturated carbocycles. The van der Waals surface area contributed by atoms with Crippen LogP contribution in [0.4, 0.5) is 9.59 Å². The van der Waals surface area contributed by atoms with Crippen molar-refractivity contribution < 1.29 is 47.6 Å². The van der Waals surface area contributed by atoms with Crippen molar-refractivity contribution in [1.29, 1.82) is 0 Å². The molecule has 2 saturated heterocycles. The van der Waals surface area contributed by atoms with Crippen molar-refractivity contribution in [3.8, 4) is 68.2 Å². The van der Waals surface area contributed by atoms with Crippen LogP contribution in [-0.4, -0.2) is 56.0 Å². The largest absolute Gasteiger partial charge is 0.497 e. The number of imide groups is 2. The molecule has 8 rings (SSSR count). The molecule has 1 atom stereocenters. The maximum absolute atomic E-state index is 11.7. The molecule has 2 aliphatic heterocycles. The Morgan fingerprint density at radius 3 is 1.50 bits per heavy atom. The third-order valence-corrected chi connectivity index (χ3v) is 11.3. The van der Waals surface area contributed by atoms with Crippen molar-refractivity contribution in [1.82, 2.24) is 10.6 Å². The van der Waals surface area contributed by atoms with Gasteiger partial charge in [-0.25, -0.2) is 0 Å². The van der Waals surface area contributed by atoms with E-state index in [9.17, 15) is 19.2 Å². The van der Waals surface area contributed by atoms with Crippen LogP contribution in [0.2, 0.25) is 0 Å². The van der Waals surface area contributed by atoms with Gasteiger partial charge in [-0.1, -0.05) is 60.3 Å². The molecule has 314 valence electrons. The molecule has 0 spiro atoms. The van der Waals surface area contributed by atoms with Gasteiger partial charge in [0.15, 0.2) is 0 Å². The van der Waals surface area contributed by atoms with Crippen molar-refractivity contribution in [2.45, 2.75) is 11.7 Å². The number of hydrogen-bond donors (Lipinski definition) is 2. The highest BCUT2D eigenvalue weighted by Gasteiger charge is 2.31. The summed E-state index contributed by atoms with van der Waals surface area (Å²) in [5, 5.41) is 3.52. The lowest BCUT2D eigenvalue weighted by molar-refractivity contribution is -0.119. The number of carbonyl (C=O) groups excluding carboxylic acids is 4. The Hall–Kier alpha value is -7.16. The topological polar surface area (TPSA) is 148 Å². The minimum atomic E-state index is -0.379. The van der Waals surface area contributed by atoms with E-state index in [4.69, 9.17) is 28.4 Å². The standard InChI is InChI=1S/C24H21NO5S.C24H19NO5S/c2*1-28-18-10-11-20(21(14-18)29-2)16-4-3-5-19(13-16)30-17-8-6-15(7-9-17)12-22-23(26)25-24(27)31-22/h3-11,13-14,22H,12H2,1-2H3,(H,25,26,27);3-14H,1-2H3,(H,25,26,27)/b;22-12-. The summed E-state index contributed by atoms with van der Waals surface area (Å²) in [6.45, 7) is 0. The van der Waals surface area contributed by atoms with E-state index in [-0.39, 0.29) is 27.5 Å². The summed E-state index contributed by atoms with van der Waals surface area (Å²) >= 11 is 1.92. The molecule has 6 aromatic rings. The zero-order chi connectivity index (χ0) is 43.6. The molecule has 0 bridgehead atoms. The first-order valence-corrected chi connectivity index (χ1v) is 20.8. The van der Waals surface area contributed by atoms with Gasteiger partial charge in [-0.15, -0.1) is 0 Å². The normalized spacial score (nSPS) is 15.0. The Bertz CT molecular complexity index is 2650. The Morgan fingerprint density at radius 1 is 0.532 bits per heavy atom. The third-order valence-electron chi connectivity index (χ3n) is 9.51. The molecule has 2 N–H and O–H groups in total. The molecule has 0 radical (unpaired) electrons. The van der Waals surface area contributed by atoms with Gasteiger partial charge in [0.25, 0.3) is 16.4 Å². The van der Waals surface area contributed by atoms with Crippen LogP contribution in [0.25, 0.3) is 28.3 Å². The van der Waals surface area contributed by atoms with Crippen molar-refractivity contribution in [3.05, 3.63) is 149 Å². The summed E-state index contributed by atoms with van der Waals surface area (Å²) in [4.78, 5) is 46.4. The molecule has 6 aromatic carbocycles. The average molecular weight is 869 g/mol. The molecule has 0 aliphatic carbocycles. The number of benzene rings is 6. The minimum absolute atomic E-state index is 0.235. The van der Waals surface area contributed by atoms with Crippen LogP contribution in [0.3, 0.4) is 0 Å². The quantitative estimate of drug-likeness (QED) is 0.106. The lowest BCUT2D eigenvalue weighted by Gasteiger charge is -2.12. The number of amides is 4. The van der Waals surface area contributed by atoms with Gasteiger partial charge in [-0.3, -0.25) is 29.8 Å². The van der Waals surface area contributed by atoms with E-state index < -0.39 is 0 Å². The second-order valence-electron chi connectivity index (χ2n) is 13.5. The first-order valence-electron chi connectivity index (χ1n) is 19.1. The molecule has 12 nitrogen and oxygen atoms in total. The molecule has 2 aliphatic rings. The van der Waals surface area contributed by atoms with Gasteiger partial charge in [0.2, 0.25) is 5.91 Å². The number of nitrogens with one attached hydrogen (secondary N) is 2. The molecule has 4 amide bonds. The van der Waals surface area contributed by atoms with Gasteiger partial charge in [-0.2, -0.15) is 0 Å². The van der Waals surface area contributed by atoms with E-state index in [1.807, 2.05) is 133 Å². The first kappa shape index (κ1) is 42.9. The SMILES string of the molecule is COc1ccc(-c2cccc(Oc3ccc(/C=C4\SC(=O)NC4=O)cc3)c2)c(OC)c1.COc1ccc(-c2cccc(Oc3ccc(CC4SC(=O)NC4=O)cc3)c2)c(OC)c1. The van der Waals surface area contributed by atoms with E-state index in [0.29, 0.717) is 45.8 Å². The van der Waals surface area contributed by atoms with Gasteiger partial charge in [-0.05, 0) is 119 Å². The number of rotatable bonds is 13. The van der Waals surface area contributed by atoms with E-state index in [1.165, 1.54) is 0 Å². The molecule has 2 fully saturated rings. The fourth-order valence-corrected chi connectivity index (χ4v) is 7.98. The average Bonchev–Trinajstić information content (AvgIpc) is 3.79.